The van der Waals surface area contributed by atoms with Gasteiger partial charge in [-0.25, -0.2) is 0 Å². The summed E-state index contributed by atoms with van der Waals surface area (Å²) in [5, 5.41) is 3.86. The van der Waals surface area contributed by atoms with Crippen LogP contribution in [0.15, 0.2) is 16.8 Å². The molecule has 0 bridgehead atoms. The number of methoxy groups -OCH3 is 1. The molecule has 0 fully saturated rings. The highest BCUT2D eigenvalue weighted by molar-refractivity contribution is 7.08. The standard InChI is InChI=1S/C4H5NS.C3H6O2/c5-4-1-2-6-3-4;1-3(4)5-2/h1-3H,5H2;1-2H3. The number of carbonyl (C=O) groups excluding carboxylic acids is 1. The molecular formula is C7H11NO2S. The maximum atomic E-state index is 9.59. The molecule has 0 aliphatic heterocycles. The first-order valence-corrected chi connectivity index (χ1v) is 3.93. The highest BCUT2D eigenvalue weighted by atomic mass is 32.1. The Bertz CT molecular complexity index is 196. The molecule has 0 unspecified atom stereocenters. The number of ether oxygens (including phenoxy) is 1. The van der Waals surface area contributed by atoms with Crippen molar-refractivity contribution < 1.29 is 9.53 Å². The Kier molecular flexibility index (Phi) is 5.20. The fourth-order valence-electron chi connectivity index (χ4n) is 0.275. The van der Waals surface area contributed by atoms with Gasteiger partial charge in [-0.15, -0.1) is 0 Å². The van der Waals surface area contributed by atoms with E-state index in [0.29, 0.717) is 0 Å². The summed E-state index contributed by atoms with van der Waals surface area (Å²) in [6.07, 6.45) is 0. The van der Waals surface area contributed by atoms with Crippen molar-refractivity contribution in [1.29, 1.82) is 0 Å². The number of thiophene rings is 1. The van der Waals surface area contributed by atoms with Gasteiger partial charge in [0.05, 0.1) is 7.11 Å². The van der Waals surface area contributed by atoms with Crippen LogP contribution in [0.4, 0.5) is 5.69 Å². The van der Waals surface area contributed by atoms with Crippen molar-refractivity contribution in [2.45, 2.75) is 6.92 Å². The Labute approximate surface area is 69.8 Å². The minimum Gasteiger partial charge on any atom is -0.469 e. The molecule has 4 heteroatoms. The molecule has 11 heavy (non-hydrogen) atoms. The lowest BCUT2D eigenvalue weighted by Crippen LogP contribution is -1.88. The van der Waals surface area contributed by atoms with Gasteiger partial charge < -0.3 is 10.5 Å². The zero-order valence-electron chi connectivity index (χ0n) is 6.53. The second-order valence-corrected chi connectivity index (χ2v) is 2.53. The van der Waals surface area contributed by atoms with Gasteiger partial charge in [-0.05, 0) is 11.4 Å². The van der Waals surface area contributed by atoms with E-state index in [2.05, 4.69) is 4.74 Å². The number of esters is 1. The molecule has 0 saturated heterocycles. The predicted molar refractivity (Wildman–Crippen MR) is 46.4 cm³/mol. The third-order valence-electron chi connectivity index (χ3n) is 0.831. The molecule has 0 saturated carbocycles. The van der Waals surface area contributed by atoms with E-state index in [9.17, 15) is 4.79 Å². The molecule has 0 radical (unpaired) electrons. The summed E-state index contributed by atoms with van der Waals surface area (Å²) >= 11 is 1.61. The zero-order valence-corrected chi connectivity index (χ0v) is 7.35. The summed E-state index contributed by atoms with van der Waals surface area (Å²) in [7, 11) is 1.35. The molecule has 1 heterocycles. The van der Waals surface area contributed by atoms with Gasteiger partial charge in [0.25, 0.3) is 0 Å². The van der Waals surface area contributed by atoms with Crippen molar-refractivity contribution >= 4 is 23.0 Å². The van der Waals surface area contributed by atoms with Crippen molar-refractivity contribution in [3.8, 4) is 0 Å². The van der Waals surface area contributed by atoms with Gasteiger partial charge in [0.15, 0.2) is 0 Å². The predicted octanol–water partition coefficient (Wildman–Crippen LogP) is 1.51. The molecule has 0 atom stereocenters. The van der Waals surface area contributed by atoms with Crippen molar-refractivity contribution in [2.24, 2.45) is 0 Å². The van der Waals surface area contributed by atoms with Gasteiger partial charge >= 0.3 is 5.97 Å². The maximum Gasteiger partial charge on any atom is 0.302 e. The second kappa shape index (κ2) is 5.73. The van der Waals surface area contributed by atoms with Crippen LogP contribution in [0.3, 0.4) is 0 Å². The van der Waals surface area contributed by atoms with E-state index in [4.69, 9.17) is 5.73 Å². The normalized spacial score (nSPS) is 7.82. The van der Waals surface area contributed by atoms with Crippen LogP contribution in [0.25, 0.3) is 0 Å². The van der Waals surface area contributed by atoms with Gasteiger partial charge in [-0.1, -0.05) is 0 Å². The number of rotatable bonds is 0. The Balaban J connectivity index is 0.000000187. The van der Waals surface area contributed by atoms with Crippen LogP contribution in [0.2, 0.25) is 0 Å². The molecule has 0 spiro atoms. The van der Waals surface area contributed by atoms with Gasteiger partial charge in [0.2, 0.25) is 0 Å². The summed E-state index contributed by atoms with van der Waals surface area (Å²) < 4.78 is 4.11. The first kappa shape index (κ1) is 9.97. The number of hydrogen-bond acceptors (Lipinski definition) is 4. The number of carbonyl (C=O) groups is 1. The van der Waals surface area contributed by atoms with Gasteiger partial charge in [-0.3, -0.25) is 4.79 Å². The smallest absolute Gasteiger partial charge is 0.302 e. The van der Waals surface area contributed by atoms with E-state index in [1.807, 2.05) is 16.8 Å². The Morgan fingerprint density at radius 3 is 2.36 bits per heavy atom. The van der Waals surface area contributed by atoms with Crippen LogP contribution >= 0.6 is 11.3 Å². The first-order chi connectivity index (χ1) is 5.16. The Hall–Kier alpha value is -1.03. The number of anilines is 1. The highest BCUT2D eigenvalue weighted by Gasteiger charge is 1.75. The first-order valence-electron chi connectivity index (χ1n) is 2.99. The lowest BCUT2D eigenvalue weighted by Gasteiger charge is -1.80. The van der Waals surface area contributed by atoms with Crippen LogP contribution < -0.4 is 5.73 Å². The van der Waals surface area contributed by atoms with Crippen molar-refractivity contribution in [2.75, 3.05) is 12.8 Å². The van der Waals surface area contributed by atoms with Crippen LogP contribution in [0.1, 0.15) is 6.92 Å². The van der Waals surface area contributed by atoms with Crippen molar-refractivity contribution in [3.05, 3.63) is 16.8 Å². The van der Waals surface area contributed by atoms with Crippen LogP contribution in [-0.2, 0) is 9.53 Å². The summed E-state index contributed by atoms with van der Waals surface area (Å²) in [5.74, 6) is -0.245. The molecule has 1 aromatic rings. The molecule has 2 N–H and O–H groups in total. The average Bonchev–Trinajstić information content (AvgIpc) is 2.41. The summed E-state index contributed by atoms with van der Waals surface area (Å²) in [6, 6.07) is 1.88. The molecule has 0 aliphatic rings. The van der Waals surface area contributed by atoms with Gasteiger partial charge in [0, 0.05) is 18.0 Å². The number of nitrogens with two attached hydrogens (primary N) is 1. The second-order valence-electron chi connectivity index (χ2n) is 1.75. The highest BCUT2D eigenvalue weighted by Crippen LogP contribution is 2.05. The molecule has 0 aromatic carbocycles. The molecule has 3 nitrogen and oxygen atoms in total. The minimum atomic E-state index is -0.245. The summed E-state index contributed by atoms with van der Waals surface area (Å²) in [4.78, 5) is 9.59. The molecular weight excluding hydrogens is 162 g/mol. The number of nitrogen functional groups attached to an aromatic ring is 1. The van der Waals surface area contributed by atoms with Crippen LogP contribution in [0.5, 0.6) is 0 Å². The molecule has 1 aromatic heterocycles. The average molecular weight is 173 g/mol. The van der Waals surface area contributed by atoms with E-state index >= 15 is 0 Å². The van der Waals surface area contributed by atoms with E-state index in [0.717, 1.165) is 5.69 Å². The van der Waals surface area contributed by atoms with E-state index in [1.165, 1.54) is 14.0 Å². The summed E-state index contributed by atoms with van der Waals surface area (Å²) in [6.45, 7) is 1.36. The number of hydrogen-bond donors (Lipinski definition) is 1. The van der Waals surface area contributed by atoms with Crippen LogP contribution in [-0.4, -0.2) is 13.1 Å². The quantitative estimate of drug-likeness (QED) is 0.605. The fraction of sp³-hybridized carbons (Fsp3) is 0.286. The fourth-order valence-corrected chi connectivity index (χ4v) is 0.825. The lowest BCUT2D eigenvalue weighted by molar-refractivity contribution is -0.137. The van der Waals surface area contributed by atoms with Gasteiger partial charge in [0.1, 0.15) is 0 Å². The molecule has 0 amide bonds. The Morgan fingerprint density at radius 2 is 2.27 bits per heavy atom. The van der Waals surface area contributed by atoms with E-state index in [1.54, 1.807) is 11.3 Å². The van der Waals surface area contributed by atoms with E-state index in [-0.39, 0.29) is 5.97 Å². The topological polar surface area (TPSA) is 52.3 Å². The third kappa shape index (κ3) is 6.86. The van der Waals surface area contributed by atoms with Gasteiger partial charge in [-0.2, -0.15) is 11.3 Å². The lowest BCUT2D eigenvalue weighted by atomic mass is 10.6. The minimum absolute atomic E-state index is 0.245. The SMILES string of the molecule is COC(C)=O.Nc1ccsc1. The van der Waals surface area contributed by atoms with E-state index < -0.39 is 0 Å². The maximum absolute atomic E-state index is 9.59. The summed E-state index contributed by atoms with van der Waals surface area (Å²) in [5.41, 5.74) is 6.15. The third-order valence-corrected chi connectivity index (χ3v) is 1.53. The monoisotopic (exact) mass is 173 g/mol. The molecule has 0 aliphatic carbocycles. The Morgan fingerprint density at radius 1 is 1.73 bits per heavy atom. The molecule has 62 valence electrons. The molecule has 1 rings (SSSR count). The van der Waals surface area contributed by atoms with Crippen LogP contribution in [0, 0.1) is 0 Å². The van der Waals surface area contributed by atoms with Crippen molar-refractivity contribution in [3.63, 3.8) is 0 Å². The largest absolute Gasteiger partial charge is 0.469 e. The zero-order chi connectivity index (χ0) is 8.69. The van der Waals surface area contributed by atoms with Crippen molar-refractivity contribution in [1.82, 2.24) is 0 Å².